The van der Waals surface area contributed by atoms with Crippen molar-refractivity contribution < 1.29 is 18.0 Å². The van der Waals surface area contributed by atoms with Gasteiger partial charge in [0.1, 0.15) is 0 Å². The summed E-state index contributed by atoms with van der Waals surface area (Å²) in [5.74, 6) is 0. The quantitative estimate of drug-likeness (QED) is 0.880. The van der Waals surface area contributed by atoms with Gasteiger partial charge < -0.3 is 10.2 Å². The van der Waals surface area contributed by atoms with Gasteiger partial charge in [-0.15, -0.1) is 0 Å². The van der Waals surface area contributed by atoms with Crippen LogP contribution < -0.4 is 5.32 Å². The highest BCUT2D eigenvalue weighted by molar-refractivity contribution is 5.90. The lowest BCUT2D eigenvalue weighted by Gasteiger charge is -2.25. The normalized spacial score (nSPS) is 17.8. The predicted molar refractivity (Wildman–Crippen MR) is 83.4 cm³/mol. The highest BCUT2D eigenvalue weighted by atomic mass is 19.4. The topological polar surface area (TPSA) is 45.2 Å². The Morgan fingerprint density at radius 1 is 1.17 bits per heavy atom. The van der Waals surface area contributed by atoms with E-state index < -0.39 is 17.8 Å². The molecule has 1 fully saturated rings. The SMILES string of the molecule is O=C(Nc1ccccc1C(F)(F)F)N1CCCC1c1ccccn1. The van der Waals surface area contributed by atoms with E-state index in [0.717, 1.165) is 24.6 Å². The van der Waals surface area contributed by atoms with Crippen LogP contribution in [0.2, 0.25) is 0 Å². The predicted octanol–water partition coefficient (Wildman–Crippen LogP) is 4.47. The number of aromatic nitrogens is 1. The van der Waals surface area contributed by atoms with Crippen molar-refractivity contribution in [3.63, 3.8) is 0 Å². The summed E-state index contributed by atoms with van der Waals surface area (Å²) in [6, 6.07) is 9.64. The highest BCUT2D eigenvalue weighted by Crippen LogP contribution is 2.36. The fourth-order valence-electron chi connectivity index (χ4n) is 2.92. The molecule has 1 aliphatic rings. The van der Waals surface area contributed by atoms with Crippen LogP contribution in [0.25, 0.3) is 0 Å². The summed E-state index contributed by atoms with van der Waals surface area (Å²) in [4.78, 5) is 18.3. The fraction of sp³-hybridized carbons (Fsp3) is 0.294. The maximum absolute atomic E-state index is 13.0. The number of alkyl halides is 3. The second kappa shape index (κ2) is 6.51. The lowest BCUT2D eigenvalue weighted by atomic mass is 10.1. The molecule has 3 rings (SSSR count). The van der Waals surface area contributed by atoms with Crippen LogP contribution in [-0.2, 0) is 6.18 Å². The Hall–Kier alpha value is -2.57. The number of hydrogen-bond donors (Lipinski definition) is 1. The van der Waals surface area contributed by atoms with Crippen LogP contribution in [-0.4, -0.2) is 22.5 Å². The summed E-state index contributed by atoms with van der Waals surface area (Å²) in [5, 5.41) is 2.40. The van der Waals surface area contributed by atoms with Gasteiger partial charge in [0.2, 0.25) is 0 Å². The van der Waals surface area contributed by atoms with Gasteiger partial charge in [-0.25, -0.2) is 4.79 Å². The molecule has 1 aromatic carbocycles. The number of nitrogens with one attached hydrogen (secondary N) is 1. The number of halogens is 3. The number of hydrogen-bond acceptors (Lipinski definition) is 2. The molecule has 0 saturated carbocycles. The third kappa shape index (κ3) is 3.34. The Morgan fingerprint density at radius 3 is 2.62 bits per heavy atom. The van der Waals surface area contributed by atoms with Gasteiger partial charge in [0, 0.05) is 12.7 Å². The van der Waals surface area contributed by atoms with E-state index >= 15 is 0 Å². The number of rotatable bonds is 2. The number of urea groups is 1. The molecule has 24 heavy (non-hydrogen) atoms. The molecule has 0 radical (unpaired) electrons. The largest absolute Gasteiger partial charge is 0.418 e. The van der Waals surface area contributed by atoms with Crippen molar-refractivity contribution >= 4 is 11.7 Å². The number of likely N-dealkylation sites (tertiary alicyclic amines) is 1. The number of carbonyl (C=O) groups excluding carboxylic acids is 1. The Labute approximate surface area is 137 Å². The first-order chi connectivity index (χ1) is 11.5. The molecule has 1 aliphatic heterocycles. The first-order valence-electron chi connectivity index (χ1n) is 7.61. The molecule has 2 amide bonds. The van der Waals surface area contributed by atoms with E-state index in [1.165, 1.54) is 23.1 Å². The molecular formula is C17H16F3N3O. The van der Waals surface area contributed by atoms with Crippen molar-refractivity contribution in [2.24, 2.45) is 0 Å². The van der Waals surface area contributed by atoms with E-state index in [0.29, 0.717) is 6.54 Å². The molecule has 1 saturated heterocycles. The standard InChI is InChI=1S/C17H16F3N3O/c18-17(19,20)12-6-1-2-7-13(12)22-16(24)23-11-5-9-15(23)14-8-3-4-10-21-14/h1-4,6-8,10,15H,5,9,11H2,(H,22,24). The first-order valence-corrected chi connectivity index (χ1v) is 7.61. The Kier molecular flexibility index (Phi) is 4.42. The molecule has 1 unspecified atom stereocenters. The molecule has 0 aliphatic carbocycles. The first kappa shape index (κ1) is 16.3. The monoisotopic (exact) mass is 335 g/mol. The Bertz CT molecular complexity index is 719. The minimum absolute atomic E-state index is 0.218. The summed E-state index contributed by atoms with van der Waals surface area (Å²) in [6.07, 6.45) is -1.35. The third-order valence-electron chi connectivity index (χ3n) is 4.02. The summed E-state index contributed by atoms with van der Waals surface area (Å²) in [6.45, 7) is 0.487. The minimum Gasteiger partial charge on any atom is -0.316 e. The van der Waals surface area contributed by atoms with Gasteiger partial charge in [0.25, 0.3) is 0 Å². The van der Waals surface area contributed by atoms with E-state index in [4.69, 9.17) is 0 Å². The second-order valence-corrected chi connectivity index (χ2v) is 5.58. The van der Waals surface area contributed by atoms with E-state index in [1.807, 2.05) is 12.1 Å². The molecule has 1 aromatic heterocycles. The zero-order chi connectivity index (χ0) is 17.2. The van der Waals surface area contributed by atoms with Crippen LogP contribution in [0.3, 0.4) is 0 Å². The number of anilines is 1. The summed E-state index contributed by atoms with van der Waals surface area (Å²) < 4.78 is 39.1. The molecule has 7 heteroatoms. The molecule has 4 nitrogen and oxygen atoms in total. The van der Waals surface area contributed by atoms with Crippen LogP contribution in [0, 0.1) is 0 Å². The van der Waals surface area contributed by atoms with Gasteiger partial charge in [0.05, 0.1) is 23.0 Å². The molecule has 1 atom stereocenters. The average molecular weight is 335 g/mol. The van der Waals surface area contributed by atoms with Crippen LogP contribution in [0.1, 0.15) is 30.1 Å². The number of carbonyl (C=O) groups is 1. The van der Waals surface area contributed by atoms with Crippen LogP contribution in [0.15, 0.2) is 48.7 Å². The smallest absolute Gasteiger partial charge is 0.316 e. The van der Waals surface area contributed by atoms with Gasteiger partial charge in [-0.05, 0) is 37.1 Å². The van der Waals surface area contributed by atoms with Gasteiger partial charge in [-0.2, -0.15) is 13.2 Å². The number of amides is 2. The van der Waals surface area contributed by atoms with Crippen LogP contribution in [0.4, 0.5) is 23.7 Å². The van der Waals surface area contributed by atoms with Gasteiger partial charge >= 0.3 is 12.2 Å². The second-order valence-electron chi connectivity index (χ2n) is 5.58. The van der Waals surface area contributed by atoms with E-state index in [1.54, 1.807) is 12.3 Å². The number of pyridine rings is 1. The maximum Gasteiger partial charge on any atom is 0.418 e. The highest BCUT2D eigenvalue weighted by Gasteiger charge is 2.35. The van der Waals surface area contributed by atoms with Crippen molar-refractivity contribution in [2.45, 2.75) is 25.1 Å². The zero-order valence-electron chi connectivity index (χ0n) is 12.8. The number of para-hydroxylation sites is 1. The van der Waals surface area contributed by atoms with E-state index in [2.05, 4.69) is 10.3 Å². The lowest BCUT2D eigenvalue weighted by Crippen LogP contribution is -2.35. The summed E-state index contributed by atoms with van der Waals surface area (Å²) in [7, 11) is 0. The third-order valence-corrected chi connectivity index (χ3v) is 4.02. The average Bonchev–Trinajstić information content (AvgIpc) is 3.05. The minimum atomic E-state index is -4.52. The van der Waals surface area contributed by atoms with Crippen molar-refractivity contribution in [3.8, 4) is 0 Å². The van der Waals surface area contributed by atoms with E-state index in [-0.39, 0.29) is 11.7 Å². The van der Waals surface area contributed by atoms with Gasteiger partial charge in [0.15, 0.2) is 0 Å². The Balaban J connectivity index is 1.81. The molecule has 2 aromatic rings. The van der Waals surface area contributed by atoms with Crippen molar-refractivity contribution in [1.29, 1.82) is 0 Å². The Morgan fingerprint density at radius 2 is 1.92 bits per heavy atom. The zero-order valence-corrected chi connectivity index (χ0v) is 12.8. The van der Waals surface area contributed by atoms with E-state index in [9.17, 15) is 18.0 Å². The maximum atomic E-state index is 13.0. The van der Waals surface area contributed by atoms with Gasteiger partial charge in [-0.1, -0.05) is 18.2 Å². The lowest BCUT2D eigenvalue weighted by molar-refractivity contribution is -0.136. The van der Waals surface area contributed by atoms with Crippen LogP contribution in [0.5, 0.6) is 0 Å². The van der Waals surface area contributed by atoms with Crippen LogP contribution >= 0.6 is 0 Å². The molecule has 126 valence electrons. The fourth-order valence-corrected chi connectivity index (χ4v) is 2.92. The van der Waals surface area contributed by atoms with Crippen molar-refractivity contribution in [2.75, 3.05) is 11.9 Å². The molecule has 2 heterocycles. The molecule has 1 N–H and O–H groups in total. The molecule has 0 bridgehead atoms. The van der Waals surface area contributed by atoms with Crippen molar-refractivity contribution in [1.82, 2.24) is 9.88 Å². The van der Waals surface area contributed by atoms with Gasteiger partial charge in [-0.3, -0.25) is 4.98 Å². The van der Waals surface area contributed by atoms with Crippen molar-refractivity contribution in [3.05, 3.63) is 59.9 Å². The summed E-state index contributed by atoms with van der Waals surface area (Å²) >= 11 is 0. The molecule has 0 spiro atoms. The number of nitrogens with zero attached hydrogens (tertiary/aromatic N) is 2. The molecular weight excluding hydrogens is 319 g/mol. The number of benzene rings is 1. The summed E-state index contributed by atoms with van der Waals surface area (Å²) in [5.41, 5.74) is -0.345.